The number of rotatable bonds is 6. The maximum Gasteiger partial charge on any atom is 0.318 e. The quantitative estimate of drug-likeness (QED) is 0.772. The normalized spacial score (nSPS) is 17.8. The number of nitrogens with zero attached hydrogens (tertiary/aromatic N) is 3. The molecule has 2 aliphatic rings. The van der Waals surface area contributed by atoms with E-state index in [1.54, 1.807) is 4.90 Å². The van der Waals surface area contributed by atoms with Crippen LogP contribution in [0.5, 0.6) is 0 Å². The molecule has 1 saturated carbocycles. The Morgan fingerprint density at radius 2 is 1.93 bits per heavy atom. The molecule has 9 heteroatoms. The van der Waals surface area contributed by atoms with Crippen molar-refractivity contribution >= 4 is 28.4 Å². The predicted molar refractivity (Wildman–Crippen MR) is 105 cm³/mol. The summed E-state index contributed by atoms with van der Waals surface area (Å²) in [6, 6.07) is 8.68. The standard InChI is InChI=1S/C19H23N5O3S/c25-16(21-18-23-22-17(28-18)14-6-7-14)15(12-13-4-2-1-3-5-13)20-19(26)24-8-10-27-11-9-24/h1-5,14-15H,6-12H2,(H,20,26)(H,21,23,25)/t15-/m0/s1. The average Bonchev–Trinajstić information content (AvgIpc) is 3.48. The number of ether oxygens (including phenoxy) is 1. The molecule has 1 aromatic heterocycles. The SMILES string of the molecule is O=C(Nc1nnc(C2CC2)s1)[C@H](Cc1ccccc1)NC(=O)N1CCOCC1. The summed E-state index contributed by atoms with van der Waals surface area (Å²) in [4.78, 5) is 27.2. The van der Waals surface area contributed by atoms with Gasteiger partial charge in [0.05, 0.1) is 13.2 Å². The van der Waals surface area contributed by atoms with Crippen molar-refractivity contribution in [1.82, 2.24) is 20.4 Å². The molecule has 1 atom stereocenters. The molecule has 2 fully saturated rings. The van der Waals surface area contributed by atoms with Gasteiger partial charge in [-0.1, -0.05) is 41.7 Å². The summed E-state index contributed by atoms with van der Waals surface area (Å²) in [5, 5.41) is 15.4. The molecule has 0 spiro atoms. The van der Waals surface area contributed by atoms with Crippen molar-refractivity contribution in [2.45, 2.75) is 31.2 Å². The number of hydrogen-bond acceptors (Lipinski definition) is 6. The van der Waals surface area contributed by atoms with E-state index in [9.17, 15) is 9.59 Å². The molecule has 1 saturated heterocycles. The number of aromatic nitrogens is 2. The number of amides is 3. The van der Waals surface area contributed by atoms with Crippen molar-refractivity contribution in [2.24, 2.45) is 0 Å². The summed E-state index contributed by atoms with van der Waals surface area (Å²) < 4.78 is 5.29. The van der Waals surface area contributed by atoms with Gasteiger partial charge in [-0.2, -0.15) is 0 Å². The minimum Gasteiger partial charge on any atom is -0.378 e. The summed E-state index contributed by atoms with van der Waals surface area (Å²) in [6.07, 6.45) is 2.67. The number of anilines is 1. The number of carbonyl (C=O) groups excluding carboxylic acids is 2. The van der Waals surface area contributed by atoms with Gasteiger partial charge in [0, 0.05) is 25.4 Å². The molecule has 1 aliphatic carbocycles. The molecule has 148 valence electrons. The predicted octanol–water partition coefficient (Wildman–Crippen LogP) is 2.01. The number of nitrogens with one attached hydrogen (secondary N) is 2. The molecule has 2 N–H and O–H groups in total. The Morgan fingerprint density at radius 1 is 1.18 bits per heavy atom. The highest BCUT2D eigenvalue weighted by Crippen LogP contribution is 2.42. The average molecular weight is 401 g/mol. The number of benzene rings is 1. The fourth-order valence-electron chi connectivity index (χ4n) is 3.04. The second-order valence-electron chi connectivity index (χ2n) is 7.00. The van der Waals surface area contributed by atoms with Crippen molar-refractivity contribution in [3.8, 4) is 0 Å². The summed E-state index contributed by atoms with van der Waals surface area (Å²) in [7, 11) is 0. The lowest BCUT2D eigenvalue weighted by Gasteiger charge is -2.29. The highest BCUT2D eigenvalue weighted by Gasteiger charge is 2.29. The summed E-state index contributed by atoms with van der Waals surface area (Å²) >= 11 is 1.41. The largest absolute Gasteiger partial charge is 0.378 e. The van der Waals surface area contributed by atoms with E-state index in [1.165, 1.54) is 11.3 Å². The molecule has 3 amide bonds. The number of carbonyl (C=O) groups is 2. The number of morpholine rings is 1. The van der Waals surface area contributed by atoms with Crippen LogP contribution in [0.25, 0.3) is 0 Å². The lowest BCUT2D eigenvalue weighted by Crippen LogP contribution is -2.53. The third-order valence-electron chi connectivity index (χ3n) is 4.79. The van der Waals surface area contributed by atoms with Crippen LogP contribution in [-0.4, -0.2) is 59.4 Å². The molecular weight excluding hydrogens is 378 g/mol. The maximum absolute atomic E-state index is 12.9. The first-order valence-electron chi connectivity index (χ1n) is 9.50. The molecule has 2 heterocycles. The van der Waals surface area contributed by atoms with Gasteiger partial charge in [0.2, 0.25) is 11.0 Å². The Labute approximate surface area is 167 Å². The van der Waals surface area contributed by atoms with E-state index in [-0.39, 0.29) is 11.9 Å². The molecule has 0 radical (unpaired) electrons. The van der Waals surface area contributed by atoms with E-state index in [4.69, 9.17) is 4.74 Å². The van der Waals surface area contributed by atoms with E-state index in [1.807, 2.05) is 30.3 Å². The lowest BCUT2D eigenvalue weighted by atomic mass is 10.1. The van der Waals surface area contributed by atoms with Crippen LogP contribution in [0.3, 0.4) is 0 Å². The van der Waals surface area contributed by atoms with Gasteiger partial charge in [-0.3, -0.25) is 10.1 Å². The van der Waals surface area contributed by atoms with Crippen molar-refractivity contribution in [3.63, 3.8) is 0 Å². The molecular formula is C19H23N5O3S. The van der Waals surface area contributed by atoms with Gasteiger partial charge < -0.3 is 15.0 Å². The minimum atomic E-state index is -0.703. The fourth-order valence-corrected chi connectivity index (χ4v) is 3.95. The minimum absolute atomic E-state index is 0.254. The van der Waals surface area contributed by atoms with E-state index < -0.39 is 6.04 Å². The van der Waals surface area contributed by atoms with Crippen molar-refractivity contribution in [1.29, 1.82) is 0 Å². The van der Waals surface area contributed by atoms with Crippen molar-refractivity contribution < 1.29 is 14.3 Å². The summed E-state index contributed by atoms with van der Waals surface area (Å²) in [5.74, 6) is 0.202. The first-order valence-corrected chi connectivity index (χ1v) is 10.3. The Morgan fingerprint density at radius 3 is 2.64 bits per heavy atom. The van der Waals surface area contributed by atoms with Gasteiger partial charge in [0.15, 0.2) is 0 Å². The summed E-state index contributed by atoms with van der Waals surface area (Å²) in [6.45, 7) is 2.06. The van der Waals surface area contributed by atoms with Crippen LogP contribution in [-0.2, 0) is 16.0 Å². The topological polar surface area (TPSA) is 96.4 Å². The molecule has 2 aromatic rings. The second kappa shape index (κ2) is 8.66. The Balaban J connectivity index is 1.44. The first-order chi connectivity index (χ1) is 13.7. The molecule has 1 aromatic carbocycles. The monoisotopic (exact) mass is 401 g/mol. The van der Waals surface area contributed by atoms with E-state index in [0.29, 0.717) is 43.8 Å². The smallest absolute Gasteiger partial charge is 0.318 e. The van der Waals surface area contributed by atoms with Crippen LogP contribution in [0, 0.1) is 0 Å². The highest BCUT2D eigenvalue weighted by atomic mass is 32.1. The van der Waals surface area contributed by atoms with Crippen LogP contribution in [0.2, 0.25) is 0 Å². The zero-order chi connectivity index (χ0) is 19.3. The molecule has 28 heavy (non-hydrogen) atoms. The van der Waals surface area contributed by atoms with E-state index >= 15 is 0 Å². The maximum atomic E-state index is 12.9. The highest BCUT2D eigenvalue weighted by molar-refractivity contribution is 7.15. The van der Waals surface area contributed by atoms with Gasteiger partial charge in [0.1, 0.15) is 11.0 Å². The Kier molecular flexibility index (Phi) is 5.82. The van der Waals surface area contributed by atoms with Crippen LogP contribution < -0.4 is 10.6 Å². The molecule has 1 aliphatic heterocycles. The van der Waals surface area contributed by atoms with Crippen molar-refractivity contribution in [3.05, 3.63) is 40.9 Å². The van der Waals surface area contributed by atoms with Gasteiger partial charge in [-0.25, -0.2) is 4.79 Å². The fraction of sp³-hybridized carbons (Fsp3) is 0.474. The molecule has 0 unspecified atom stereocenters. The van der Waals surface area contributed by atoms with Crippen LogP contribution >= 0.6 is 11.3 Å². The Bertz CT molecular complexity index is 818. The third-order valence-corrected chi connectivity index (χ3v) is 5.79. The van der Waals surface area contributed by atoms with Gasteiger partial charge >= 0.3 is 6.03 Å². The van der Waals surface area contributed by atoms with E-state index in [2.05, 4.69) is 20.8 Å². The van der Waals surface area contributed by atoms with E-state index in [0.717, 1.165) is 23.4 Å². The Hall–Kier alpha value is -2.52. The molecule has 0 bridgehead atoms. The van der Waals surface area contributed by atoms with Gasteiger partial charge in [-0.15, -0.1) is 10.2 Å². The van der Waals surface area contributed by atoms with Gasteiger partial charge in [-0.05, 0) is 18.4 Å². The second-order valence-corrected chi connectivity index (χ2v) is 8.01. The third kappa shape index (κ3) is 4.85. The lowest BCUT2D eigenvalue weighted by molar-refractivity contribution is -0.118. The van der Waals surface area contributed by atoms with Crippen LogP contribution in [0.15, 0.2) is 30.3 Å². The van der Waals surface area contributed by atoms with Gasteiger partial charge in [0.25, 0.3) is 0 Å². The van der Waals surface area contributed by atoms with Crippen LogP contribution in [0.1, 0.15) is 29.3 Å². The molecule has 8 nitrogen and oxygen atoms in total. The van der Waals surface area contributed by atoms with Crippen LogP contribution in [0.4, 0.5) is 9.93 Å². The first kappa shape index (κ1) is 18.8. The zero-order valence-electron chi connectivity index (χ0n) is 15.5. The summed E-state index contributed by atoms with van der Waals surface area (Å²) in [5.41, 5.74) is 0.973. The van der Waals surface area contributed by atoms with Crippen molar-refractivity contribution in [2.75, 3.05) is 31.6 Å². The number of hydrogen-bond donors (Lipinski definition) is 2. The number of urea groups is 1. The zero-order valence-corrected chi connectivity index (χ0v) is 16.3. The molecule has 4 rings (SSSR count).